The highest BCUT2D eigenvalue weighted by Crippen LogP contribution is 2.14. The van der Waals surface area contributed by atoms with Crippen LogP contribution in [0.2, 0.25) is 0 Å². The van der Waals surface area contributed by atoms with Crippen molar-refractivity contribution in [2.75, 3.05) is 5.32 Å². The Morgan fingerprint density at radius 1 is 1.21 bits per heavy atom. The van der Waals surface area contributed by atoms with E-state index in [4.69, 9.17) is 14.6 Å². The minimum absolute atomic E-state index is 0.315. The van der Waals surface area contributed by atoms with Crippen molar-refractivity contribution in [3.63, 3.8) is 0 Å². The average Bonchev–Trinajstić information content (AvgIpc) is 2.89. The van der Waals surface area contributed by atoms with E-state index in [0.29, 0.717) is 18.0 Å². The summed E-state index contributed by atoms with van der Waals surface area (Å²) in [5.41, 5.74) is -0.315. The molecule has 0 bridgehead atoms. The Hall–Kier alpha value is -2.83. The van der Waals surface area contributed by atoms with Gasteiger partial charge in [0.1, 0.15) is 5.76 Å². The first-order valence-electron chi connectivity index (χ1n) is 5.31. The fourth-order valence-corrected chi connectivity index (χ4v) is 1.45. The monoisotopic (exact) mass is 262 g/mol. The van der Waals surface area contributed by atoms with Crippen molar-refractivity contribution in [2.45, 2.75) is 6.54 Å². The third-order valence-corrected chi connectivity index (χ3v) is 2.31. The summed E-state index contributed by atoms with van der Waals surface area (Å²) in [6, 6.07) is 5.98. The first kappa shape index (κ1) is 12.6. The quantitative estimate of drug-likeness (QED) is 0.751. The van der Waals surface area contributed by atoms with Crippen LogP contribution in [0.15, 0.2) is 34.9 Å². The molecular weight excluding hydrogens is 252 g/mol. The second-order valence-corrected chi connectivity index (χ2v) is 3.67. The summed E-state index contributed by atoms with van der Waals surface area (Å²) in [6.07, 6.45) is 1.51. The molecule has 3 N–H and O–H groups in total. The molecule has 0 radical (unpaired) electrons. The van der Waals surface area contributed by atoms with E-state index in [1.807, 2.05) is 0 Å². The van der Waals surface area contributed by atoms with Crippen molar-refractivity contribution in [2.24, 2.45) is 0 Å². The van der Waals surface area contributed by atoms with Gasteiger partial charge < -0.3 is 19.9 Å². The lowest BCUT2D eigenvalue weighted by atomic mass is 10.2. The molecule has 19 heavy (non-hydrogen) atoms. The predicted molar refractivity (Wildman–Crippen MR) is 64.2 cm³/mol. The summed E-state index contributed by atoms with van der Waals surface area (Å²) in [6.45, 7) is 0.315. The standard InChI is InChI=1S/C12H10N2O5/c15-11(16)9-4-7(5-10(14-9)12(17)18)13-6-8-2-1-3-19-8/h1-5H,6H2,(H,13,14)(H,15,16)(H,17,18). The zero-order chi connectivity index (χ0) is 13.8. The largest absolute Gasteiger partial charge is 0.477 e. The van der Waals surface area contributed by atoms with Gasteiger partial charge in [-0.2, -0.15) is 0 Å². The number of anilines is 1. The molecule has 0 unspecified atom stereocenters. The number of nitrogens with one attached hydrogen (secondary N) is 1. The van der Waals surface area contributed by atoms with Crippen LogP contribution in [0, 0.1) is 0 Å². The molecule has 0 aliphatic rings. The molecule has 0 fully saturated rings. The van der Waals surface area contributed by atoms with Crippen LogP contribution in [0.1, 0.15) is 26.7 Å². The molecule has 7 nitrogen and oxygen atoms in total. The Kier molecular flexibility index (Phi) is 3.46. The number of carboxylic acid groups (broad SMARTS) is 2. The minimum atomic E-state index is -1.29. The summed E-state index contributed by atoms with van der Waals surface area (Å²) in [5.74, 6) is -1.93. The molecule has 2 heterocycles. The molecule has 98 valence electrons. The maximum atomic E-state index is 10.9. The van der Waals surface area contributed by atoms with Gasteiger partial charge in [-0.1, -0.05) is 0 Å². The third-order valence-electron chi connectivity index (χ3n) is 2.31. The summed E-state index contributed by atoms with van der Waals surface area (Å²) >= 11 is 0. The number of hydrogen-bond acceptors (Lipinski definition) is 5. The number of carbonyl (C=O) groups is 2. The lowest BCUT2D eigenvalue weighted by Crippen LogP contribution is -2.09. The van der Waals surface area contributed by atoms with Crippen molar-refractivity contribution < 1.29 is 24.2 Å². The van der Waals surface area contributed by atoms with E-state index in [2.05, 4.69) is 10.3 Å². The second-order valence-electron chi connectivity index (χ2n) is 3.67. The topological polar surface area (TPSA) is 113 Å². The Morgan fingerprint density at radius 2 is 1.84 bits per heavy atom. The fourth-order valence-electron chi connectivity index (χ4n) is 1.45. The zero-order valence-corrected chi connectivity index (χ0v) is 9.66. The highest BCUT2D eigenvalue weighted by Gasteiger charge is 2.13. The molecule has 2 aromatic rings. The van der Waals surface area contributed by atoms with E-state index in [1.54, 1.807) is 12.1 Å². The van der Waals surface area contributed by atoms with Gasteiger partial charge in [-0.15, -0.1) is 0 Å². The zero-order valence-electron chi connectivity index (χ0n) is 9.66. The first-order chi connectivity index (χ1) is 9.06. The van der Waals surface area contributed by atoms with Crippen LogP contribution < -0.4 is 5.32 Å². The van der Waals surface area contributed by atoms with E-state index in [9.17, 15) is 9.59 Å². The minimum Gasteiger partial charge on any atom is -0.477 e. The highest BCUT2D eigenvalue weighted by molar-refractivity contribution is 5.91. The molecule has 0 saturated heterocycles. The van der Waals surface area contributed by atoms with Gasteiger partial charge in [0.05, 0.1) is 12.8 Å². The number of aromatic carboxylic acids is 2. The van der Waals surface area contributed by atoms with Crippen molar-refractivity contribution >= 4 is 17.6 Å². The number of nitrogens with zero attached hydrogens (tertiary/aromatic N) is 1. The van der Waals surface area contributed by atoms with Gasteiger partial charge in [0, 0.05) is 5.69 Å². The summed E-state index contributed by atoms with van der Waals surface area (Å²) in [4.78, 5) is 25.2. The van der Waals surface area contributed by atoms with Gasteiger partial charge in [-0.25, -0.2) is 14.6 Å². The molecular formula is C12H10N2O5. The number of rotatable bonds is 5. The SMILES string of the molecule is O=C(O)c1cc(NCc2ccco2)cc(C(=O)O)n1. The molecule has 0 spiro atoms. The van der Waals surface area contributed by atoms with E-state index in [1.165, 1.54) is 18.4 Å². The smallest absolute Gasteiger partial charge is 0.354 e. The molecule has 0 aromatic carbocycles. The lowest BCUT2D eigenvalue weighted by molar-refractivity contribution is 0.0685. The van der Waals surface area contributed by atoms with Crippen LogP contribution in [0.5, 0.6) is 0 Å². The Bertz CT molecular complexity index is 574. The van der Waals surface area contributed by atoms with Gasteiger partial charge >= 0.3 is 11.9 Å². The summed E-state index contributed by atoms with van der Waals surface area (Å²) in [7, 11) is 0. The molecule has 0 atom stereocenters. The van der Waals surface area contributed by atoms with Gasteiger partial charge in [0.2, 0.25) is 0 Å². The van der Waals surface area contributed by atoms with E-state index in [0.717, 1.165) is 0 Å². The Labute approximate surface area is 107 Å². The van der Waals surface area contributed by atoms with Crippen molar-refractivity contribution in [3.8, 4) is 0 Å². The van der Waals surface area contributed by atoms with E-state index in [-0.39, 0.29) is 11.4 Å². The van der Waals surface area contributed by atoms with Crippen molar-refractivity contribution in [1.82, 2.24) is 4.98 Å². The van der Waals surface area contributed by atoms with Crippen LogP contribution >= 0.6 is 0 Å². The molecule has 2 aromatic heterocycles. The van der Waals surface area contributed by atoms with Gasteiger partial charge in [0.15, 0.2) is 11.4 Å². The predicted octanol–water partition coefficient (Wildman–Crippen LogP) is 1.68. The van der Waals surface area contributed by atoms with Gasteiger partial charge in [-0.3, -0.25) is 0 Å². The number of pyridine rings is 1. The van der Waals surface area contributed by atoms with Crippen LogP contribution in [-0.4, -0.2) is 27.1 Å². The van der Waals surface area contributed by atoms with Crippen molar-refractivity contribution in [1.29, 1.82) is 0 Å². The van der Waals surface area contributed by atoms with Crippen LogP contribution in [-0.2, 0) is 6.54 Å². The van der Waals surface area contributed by atoms with Gasteiger partial charge in [-0.05, 0) is 24.3 Å². The van der Waals surface area contributed by atoms with Crippen LogP contribution in [0.25, 0.3) is 0 Å². The number of furan rings is 1. The number of hydrogen-bond donors (Lipinski definition) is 3. The summed E-state index contributed by atoms with van der Waals surface area (Å²) < 4.78 is 5.10. The molecule has 0 amide bonds. The molecule has 2 rings (SSSR count). The Morgan fingerprint density at radius 3 is 2.32 bits per heavy atom. The maximum Gasteiger partial charge on any atom is 0.354 e. The van der Waals surface area contributed by atoms with Gasteiger partial charge in [0.25, 0.3) is 0 Å². The van der Waals surface area contributed by atoms with E-state index >= 15 is 0 Å². The molecule has 7 heteroatoms. The van der Waals surface area contributed by atoms with E-state index < -0.39 is 11.9 Å². The van der Waals surface area contributed by atoms with Crippen molar-refractivity contribution in [3.05, 3.63) is 47.7 Å². The lowest BCUT2D eigenvalue weighted by Gasteiger charge is -2.06. The maximum absolute atomic E-state index is 10.9. The average molecular weight is 262 g/mol. The van der Waals surface area contributed by atoms with Crippen LogP contribution in [0.3, 0.4) is 0 Å². The molecule has 0 aliphatic carbocycles. The highest BCUT2D eigenvalue weighted by atomic mass is 16.4. The first-order valence-corrected chi connectivity index (χ1v) is 5.31. The van der Waals surface area contributed by atoms with Crippen LogP contribution in [0.4, 0.5) is 5.69 Å². The number of carboxylic acids is 2. The third kappa shape index (κ3) is 3.09. The fraction of sp³-hybridized carbons (Fsp3) is 0.0833. The Balaban J connectivity index is 2.23. The molecule has 0 aliphatic heterocycles. The normalized spacial score (nSPS) is 10.1. The number of aromatic nitrogens is 1. The summed E-state index contributed by atoms with van der Waals surface area (Å²) in [5, 5.41) is 20.6. The molecule has 0 saturated carbocycles. The second kappa shape index (κ2) is 5.21.